The highest BCUT2D eigenvalue weighted by Gasteiger charge is 2.24. The Hall–Kier alpha value is -0.940. The maximum Gasteiger partial charge on any atom is 0.226 e. The summed E-state index contributed by atoms with van der Waals surface area (Å²) in [6, 6.07) is 0.184. The maximum atomic E-state index is 12.0. The first-order valence-electron chi connectivity index (χ1n) is 7.12. The van der Waals surface area contributed by atoms with Crippen molar-refractivity contribution in [2.24, 2.45) is 11.7 Å². The zero-order chi connectivity index (χ0) is 13.8. The fraction of sp³-hybridized carbons (Fsp3) is 0.714. The van der Waals surface area contributed by atoms with Gasteiger partial charge in [-0.15, -0.1) is 11.3 Å². The number of thiazole rings is 1. The van der Waals surface area contributed by atoms with Crippen molar-refractivity contribution in [2.45, 2.75) is 58.4 Å². The first-order valence-corrected chi connectivity index (χ1v) is 7.93. The lowest BCUT2D eigenvalue weighted by Gasteiger charge is -2.27. The Morgan fingerprint density at radius 3 is 2.84 bits per heavy atom. The fourth-order valence-electron chi connectivity index (χ4n) is 2.71. The van der Waals surface area contributed by atoms with Crippen LogP contribution in [-0.4, -0.2) is 16.9 Å². The molecule has 0 bridgehead atoms. The molecule has 1 saturated carbocycles. The highest BCUT2D eigenvalue weighted by atomic mass is 32.1. The van der Waals surface area contributed by atoms with Gasteiger partial charge in [-0.2, -0.15) is 0 Å². The number of nitrogens with two attached hydrogens (primary N) is 1. The average Bonchev–Trinajstić information content (AvgIpc) is 2.72. The number of carbonyl (C=O) groups is 1. The fourth-order valence-corrected chi connectivity index (χ4v) is 3.63. The molecule has 3 N–H and O–H groups in total. The second-order valence-corrected chi connectivity index (χ2v) is 6.54. The Labute approximate surface area is 118 Å². The van der Waals surface area contributed by atoms with Gasteiger partial charge >= 0.3 is 0 Å². The zero-order valence-corrected chi connectivity index (χ0v) is 12.6. The normalized spacial score (nSPS) is 23.3. The quantitative estimate of drug-likeness (QED) is 0.891. The monoisotopic (exact) mass is 281 g/mol. The van der Waals surface area contributed by atoms with Crippen molar-refractivity contribution >= 4 is 22.4 Å². The van der Waals surface area contributed by atoms with Gasteiger partial charge in [0.25, 0.3) is 0 Å². The molecule has 4 nitrogen and oxygen atoms in total. The molecule has 2 unspecified atom stereocenters. The lowest BCUT2D eigenvalue weighted by Crippen LogP contribution is -2.35. The molecule has 1 heterocycles. The van der Waals surface area contributed by atoms with Crippen molar-refractivity contribution in [1.29, 1.82) is 0 Å². The molecular weight excluding hydrogens is 258 g/mol. The summed E-state index contributed by atoms with van der Waals surface area (Å²) in [5.74, 6) is 0.388. The molecule has 1 aliphatic rings. The first-order chi connectivity index (χ1) is 9.10. The number of rotatable bonds is 4. The van der Waals surface area contributed by atoms with Crippen LogP contribution in [0.1, 0.15) is 49.6 Å². The van der Waals surface area contributed by atoms with Crippen LogP contribution in [0.15, 0.2) is 0 Å². The highest BCUT2D eigenvalue weighted by molar-refractivity contribution is 7.15. The molecule has 19 heavy (non-hydrogen) atoms. The molecule has 1 fully saturated rings. The van der Waals surface area contributed by atoms with Gasteiger partial charge in [-0.25, -0.2) is 4.98 Å². The molecule has 0 radical (unpaired) electrons. The van der Waals surface area contributed by atoms with Gasteiger partial charge in [-0.1, -0.05) is 19.8 Å². The molecule has 2 rings (SSSR count). The topological polar surface area (TPSA) is 68.0 Å². The number of carbonyl (C=O) groups excluding carboxylic acids is 1. The summed E-state index contributed by atoms with van der Waals surface area (Å²) in [5.41, 5.74) is 7.16. The lowest BCUT2D eigenvalue weighted by molar-refractivity contribution is -0.117. The van der Waals surface area contributed by atoms with Crippen LogP contribution in [0, 0.1) is 12.8 Å². The summed E-state index contributed by atoms with van der Waals surface area (Å²) in [6.45, 7) is 4.12. The molecule has 0 spiro atoms. The standard InChI is InChI=1S/C14H23N3OS/c1-3-12-9(2)19-14(16-12)17-13(18)8-10-6-4-5-7-11(10)15/h10-11H,3-8,15H2,1-2H3,(H,16,17,18). The van der Waals surface area contributed by atoms with Crippen molar-refractivity contribution in [2.75, 3.05) is 5.32 Å². The third kappa shape index (κ3) is 3.76. The van der Waals surface area contributed by atoms with Crippen molar-refractivity contribution in [3.05, 3.63) is 10.6 Å². The summed E-state index contributed by atoms with van der Waals surface area (Å²) in [7, 11) is 0. The van der Waals surface area contributed by atoms with E-state index in [9.17, 15) is 4.79 Å². The minimum absolute atomic E-state index is 0.0544. The smallest absolute Gasteiger partial charge is 0.226 e. The summed E-state index contributed by atoms with van der Waals surface area (Å²) in [4.78, 5) is 17.7. The molecule has 1 aliphatic carbocycles. The Bertz CT molecular complexity index is 444. The van der Waals surface area contributed by atoms with Crippen molar-refractivity contribution in [3.63, 3.8) is 0 Å². The summed E-state index contributed by atoms with van der Waals surface area (Å²) in [5, 5.41) is 3.64. The van der Waals surface area contributed by atoms with E-state index in [4.69, 9.17) is 5.73 Å². The second kappa shape index (κ2) is 6.48. The minimum Gasteiger partial charge on any atom is -0.327 e. The number of nitrogens with one attached hydrogen (secondary N) is 1. The van der Waals surface area contributed by atoms with Crippen LogP contribution >= 0.6 is 11.3 Å². The second-order valence-electron chi connectivity index (χ2n) is 5.34. The van der Waals surface area contributed by atoms with E-state index in [1.165, 1.54) is 17.7 Å². The number of aromatic nitrogens is 1. The van der Waals surface area contributed by atoms with Gasteiger partial charge in [-0.05, 0) is 32.1 Å². The van der Waals surface area contributed by atoms with Crippen LogP contribution in [0.3, 0.4) is 0 Å². The first kappa shape index (κ1) is 14.5. The number of amides is 1. The van der Waals surface area contributed by atoms with E-state index in [0.29, 0.717) is 12.3 Å². The molecule has 0 aromatic carbocycles. The van der Waals surface area contributed by atoms with E-state index in [-0.39, 0.29) is 11.9 Å². The van der Waals surface area contributed by atoms with Crippen LogP contribution in [0.25, 0.3) is 0 Å². The molecule has 0 aliphatic heterocycles. The highest BCUT2D eigenvalue weighted by Crippen LogP contribution is 2.27. The largest absolute Gasteiger partial charge is 0.327 e. The van der Waals surface area contributed by atoms with Crippen LogP contribution < -0.4 is 11.1 Å². The molecule has 1 aromatic rings. The van der Waals surface area contributed by atoms with E-state index < -0.39 is 0 Å². The van der Waals surface area contributed by atoms with E-state index in [1.807, 2.05) is 6.92 Å². The number of hydrogen-bond acceptors (Lipinski definition) is 4. The average molecular weight is 281 g/mol. The van der Waals surface area contributed by atoms with Gasteiger partial charge in [0.05, 0.1) is 5.69 Å². The van der Waals surface area contributed by atoms with Gasteiger partial charge in [-0.3, -0.25) is 4.79 Å². The van der Waals surface area contributed by atoms with E-state index in [1.54, 1.807) is 11.3 Å². The Morgan fingerprint density at radius 1 is 1.47 bits per heavy atom. The van der Waals surface area contributed by atoms with Crippen LogP contribution in [0.4, 0.5) is 5.13 Å². The molecule has 106 valence electrons. The van der Waals surface area contributed by atoms with Gasteiger partial charge in [0.2, 0.25) is 5.91 Å². The maximum absolute atomic E-state index is 12.0. The molecule has 1 aromatic heterocycles. The van der Waals surface area contributed by atoms with E-state index >= 15 is 0 Å². The summed E-state index contributed by atoms with van der Waals surface area (Å²) in [6.07, 6.45) is 5.96. The van der Waals surface area contributed by atoms with Gasteiger partial charge < -0.3 is 11.1 Å². The molecule has 0 saturated heterocycles. The van der Waals surface area contributed by atoms with Crippen LogP contribution in [0.5, 0.6) is 0 Å². The predicted molar refractivity (Wildman–Crippen MR) is 79.4 cm³/mol. The number of anilines is 1. The zero-order valence-electron chi connectivity index (χ0n) is 11.7. The Balaban J connectivity index is 1.89. The minimum atomic E-state index is 0.0544. The summed E-state index contributed by atoms with van der Waals surface area (Å²) >= 11 is 1.56. The number of hydrogen-bond donors (Lipinski definition) is 2. The van der Waals surface area contributed by atoms with Crippen LogP contribution in [-0.2, 0) is 11.2 Å². The van der Waals surface area contributed by atoms with Gasteiger partial charge in [0.15, 0.2) is 5.13 Å². The van der Waals surface area contributed by atoms with Crippen molar-refractivity contribution in [1.82, 2.24) is 4.98 Å². The SMILES string of the molecule is CCc1nc(NC(=O)CC2CCCCC2N)sc1C. The number of aryl methyl sites for hydroxylation is 2. The Morgan fingerprint density at radius 2 is 2.21 bits per heavy atom. The number of nitrogens with zero attached hydrogens (tertiary/aromatic N) is 1. The molecule has 5 heteroatoms. The van der Waals surface area contributed by atoms with E-state index in [2.05, 4.69) is 17.2 Å². The van der Waals surface area contributed by atoms with E-state index in [0.717, 1.165) is 30.1 Å². The third-order valence-corrected chi connectivity index (χ3v) is 4.82. The molecular formula is C14H23N3OS. The van der Waals surface area contributed by atoms with Gasteiger partial charge in [0, 0.05) is 17.3 Å². The van der Waals surface area contributed by atoms with Crippen LogP contribution in [0.2, 0.25) is 0 Å². The Kier molecular flexibility index (Phi) is 4.93. The van der Waals surface area contributed by atoms with Crippen molar-refractivity contribution < 1.29 is 4.79 Å². The van der Waals surface area contributed by atoms with Crippen molar-refractivity contribution in [3.8, 4) is 0 Å². The van der Waals surface area contributed by atoms with Gasteiger partial charge in [0.1, 0.15) is 0 Å². The molecule has 2 atom stereocenters. The predicted octanol–water partition coefficient (Wildman–Crippen LogP) is 2.86. The molecule has 1 amide bonds. The third-order valence-electron chi connectivity index (χ3n) is 3.89. The summed E-state index contributed by atoms with van der Waals surface area (Å²) < 4.78 is 0. The lowest BCUT2D eigenvalue weighted by atomic mass is 9.83.